The first-order chi connectivity index (χ1) is 13.9. The normalized spacial score (nSPS) is 10.3. The van der Waals surface area contributed by atoms with Crippen molar-refractivity contribution in [2.24, 2.45) is 0 Å². The summed E-state index contributed by atoms with van der Waals surface area (Å²) < 4.78 is 19.2. The van der Waals surface area contributed by atoms with Crippen LogP contribution in [0.3, 0.4) is 0 Å². The lowest BCUT2D eigenvalue weighted by molar-refractivity contribution is -0.121. The minimum atomic E-state index is -0.543. The molecule has 0 saturated heterocycles. The number of hydrogen-bond acceptors (Lipinski definition) is 5. The minimum Gasteiger partial charge on any atom is -0.497 e. The number of para-hydroxylation sites is 1. The molecular formula is C21H23FN4O3. The van der Waals surface area contributed by atoms with Gasteiger partial charge in [0.15, 0.2) is 0 Å². The van der Waals surface area contributed by atoms with Gasteiger partial charge >= 0.3 is 0 Å². The first kappa shape index (κ1) is 21.9. The molecule has 0 aliphatic heterocycles. The number of carbonyl (C=O) groups excluding carboxylic acids is 2. The maximum absolute atomic E-state index is 14.1. The highest BCUT2D eigenvalue weighted by Crippen LogP contribution is 2.19. The summed E-state index contributed by atoms with van der Waals surface area (Å²) in [6.07, 6.45) is 0.0712. The molecule has 0 saturated carbocycles. The Hall–Kier alpha value is -3.44. The molecule has 0 unspecified atom stereocenters. The highest BCUT2D eigenvalue weighted by molar-refractivity contribution is 5.96. The molecular weight excluding hydrogens is 375 g/mol. The van der Waals surface area contributed by atoms with Crippen molar-refractivity contribution in [3.05, 3.63) is 54.3 Å². The van der Waals surface area contributed by atoms with E-state index in [2.05, 4.69) is 5.32 Å². The molecule has 0 aliphatic rings. The van der Waals surface area contributed by atoms with Gasteiger partial charge in [0.25, 0.3) is 0 Å². The number of ether oxygens (including phenoxy) is 1. The summed E-state index contributed by atoms with van der Waals surface area (Å²) in [5, 5.41) is 11.6. The van der Waals surface area contributed by atoms with E-state index in [1.807, 2.05) is 6.07 Å². The lowest BCUT2D eigenvalue weighted by Gasteiger charge is -2.25. The second-order valence-corrected chi connectivity index (χ2v) is 6.35. The van der Waals surface area contributed by atoms with Crippen molar-refractivity contribution in [3.8, 4) is 11.8 Å². The van der Waals surface area contributed by atoms with E-state index >= 15 is 0 Å². The fraction of sp³-hybridized carbons (Fsp3) is 0.286. The molecule has 0 fully saturated rings. The van der Waals surface area contributed by atoms with Crippen LogP contribution in [-0.4, -0.2) is 50.5 Å². The number of nitrogens with one attached hydrogen (secondary N) is 1. The van der Waals surface area contributed by atoms with Crippen LogP contribution in [0.1, 0.15) is 6.42 Å². The van der Waals surface area contributed by atoms with Crippen LogP contribution < -0.4 is 15.0 Å². The van der Waals surface area contributed by atoms with E-state index in [4.69, 9.17) is 10.00 Å². The molecule has 2 amide bonds. The van der Waals surface area contributed by atoms with Gasteiger partial charge in [0.05, 0.1) is 38.4 Å². The summed E-state index contributed by atoms with van der Waals surface area (Å²) in [5.41, 5.74) is 0.723. The van der Waals surface area contributed by atoms with Crippen molar-refractivity contribution < 1.29 is 18.7 Å². The molecule has 2 rings (SSSR count). The molecule has 0 aliphatic carbocycles. The highest BCUT2D eigenvalue weighted by atomic mass is 19.1. The second kappa shape index (κ2) is 10.8. The van der Waals surface area contributed by atoms with Crippen molar-refractivity contribution in [2.45, 2.75) is 6.42 Å². The van der Waals surface area contributed by atoms with Gasteiger partial charge in [-0.2, -0.15) is 5.26 Å². The summed E-state index contributed by atoms with van der Waals surface area (Å²) >= 11 is 0. The van der Waals surface area contributed by atoms with Crippen LogP contribution in [-0.2, 0) is 9.59 Å². The molecule has 0 bridgehead atoms. The molecule has 0 atom stereocenters. The number of likely N-dealkylation sites (N-methyl/N-ethyl adjacent to an activating group) is 1. The maximum Gasteiger partial charge on any atom is 0.241 e. The number of nitrogens with zero attached hydrogens (tertiary/aromatic N) is 3. The molecule has 2 aromatic rings. The lowest BCUT2D eigenvalue weighted by Crippen LogP contribution is -2.42. The zero-order chi connectivity index (χ0) is 21.2. The van der Waals surface area contributed by atoms with Gasteiger partial charge in [-0.25, -0.2) is 4.39 Å². The highest BCUT2D eigenvalue weighted by Gasteiger charge is 2.20. The summed E-state index contributed by atoms with van der Waals surface area (Å²) in [7, 11) is 3.18. The molecule has 0 spiro atoms. The largest absolute Gasteiger partial charge is 0.497 e. The Labute approximate surface area is 169 Å². The topological polar surface area (TPSA) is 85.7 Å². The van der Waals surface area contributed by atoms with Crippen LogP contribution >= 0.6 is 0 Å². The third-order valence-corrected chi connectivity index (χ3v) is 4.08. The fourth-order valence-electron chi connectivity index (χ4n) is 2.70. The first-order valence-corrected chi connectivity index (χ1v) is 8.99. The molecule has 0 aromatic heterocycles. The van der Waals surface area contributed by atoms with Gasteiger partial charge in [-0.3, -0.25) is 14.5 Å². The number of hydrogen-bond donors (Lipinski definition) is 1. The van der Waals surface area contributed by atoms with Gasteiger partial charge in [0, 0.05) is 12.2 Å². The molecule has 7 nitrogen and oxygen atoms in total. The van der Waals surface area contributed by atoms with Crippen LogP contribution in [0.25, 0.3) is 0 Å². The Balaban J connectivity index is 1.96. The predicted molar refractivity (Wildman–Crippen MR) is 108 cm³/mol. The zero-order valence-electron chi connectivity index (χ0n) is 16.4. The number of rotatable bonds is 9. The Bertz CT molecular complexity index is 880. The van der Waals surface area contributed by atoms with E-state index in [-0.39, 0.29) is 37.6 Å². The van der Waals surface area contributed by atoms with E-state index in [1.54, 1.807) is 44.5 Å². The average molecular weight is 398 g/mol. The van der Waals surface area contributed by atoms with Crippen LogP contribution in [0, 0.1) is 17.1 Å². The van der Waals surface area contributed by atoms with Crippen molar-refractivity contribution in [2.75, 3.05) is 44.0 Å². The standard InChI is InChI=1S/C21H23FN4O3/c1-25(14-20(27)24-16-8-10-17(29-2)11-9-16)15-21(28)26(13-5-12-23)19-7-4-3-6-18(19)22/h3-4,6-11H,5,13-15H2,1-2H3,(H,24,27). The zero-order valence-corrected chi connectivity index (χ0v) is 16.4. The maximum atomic E-state index is 14.1. The van der Waals surface area contributed by atoms with Crippen molar-refractivity contribution in [3.63, 3.8) is 0 Å². The molecule has 152 valence electrons. The molecule has 1 N–H and O–H groups in total. The molecule has 8 heteroatoms. The van der Waals surface area contributed by atoms with Crippen LogP contribution in [0.15, 0.2) is 48.5 Å². The first-order valence-electron chi connectivity index (χ1n) is 8.99. The van der Waals surface area contributed by atoms with Gasteiger partial charge in [0.1, 0.15) is 11.6 Å². The van der Waals surface area contributed by atoms with Crippen molar-refractivity contribution in [1.29, 1.82) is 5.26 Å². The Morgan fingerprint density at radius 3 is 2.45 bits per heavy atom. The van der Waals surface area contributed by atoms with Crippen LogP contribution in [0.5, 0.6) is 5.75 Å². The van der Waals surface area contributed by atoms with Gasteiger partial charge in [0.2, 0.25) is 11.8 Å². The summed E-state index contributed by atoms with van der Waals surface area (Å²) in [6, 6.07) is 14.7. The molecule has 29 heavy (non-hydrogen) atoms. The Morgan fingerprint density at radius 2 is 1.83 bits per heavy atom. The SMILES string of the molecule is COc1ccc(NC(=O)CN(C)CC(=O)N(CCC#N)c2ccccc2F)cc1. The van der Waals surface area contributed by atoms with Crippen LogP contribution in [0.2, 0.25) is 0 Å². The summed E-state index contributed by atoms with van der Waals surface area (Å²) in [6.45, 7) is -0.0565. The third kappa shape index (κ3) is 6.59. The number of halogens is 1. The molecule has 0 radical (unpaired) electrons. The third-order valence-electron chi connectivity index (χ3n) is 4.08. The summed E-state index contributed by atoms with van der Waals surface area (Å²) in [5.74, 6) is -0.556. The predicted octanol–water partition coefficient (Wildman–Crippen LogP) is 2.65. The van der Waals surface area contributed by atoms with Gasteiger partial charge in [-0.05, 0) is 43.4 Å². The van der Waals surface area contributed by atoms with E-state index in [9.17, 15) is 14.0 Å². The Kier molecular flexibility index (Phi) is 8.12. The monoisotopic (exact) mass is 398 g/mol. The summed E-state index contributed by atoms with van der Waals surface area (Å²) in [4.78, 5) is 27.7. The smallest absolute Gasteiger partial charge is 0.241 e. The van der Waals surface area contributed by atoms with E-state index in [0.717, 1.165) is 0 Å². The van der Waals surface area contributed by atoms with Gasteiger partial charge in [-0.1, -0.05) is 12.1 Å². The fourth-order valence-corrected chi connectivity index (χ4v) is 2.70. The van der Waals surface area contributed by atoms with E-state index < -0.39 is 11.7 Å². The number of carbonyl (C=O) groups is 2. The Morgan fingerprint density at radius 1 is 1.14 bits per heavy atom. The van der Waals surface area contributed by atoms with E-state index in [1.165, 1.54) is 28.0 Å². The number of amides is 2. The number of benzene rings is 2. The number of anilines is 2. The van der Waals surface area contributed by atoms with Gasteiger partial charge in [-0.15, -0.1) is 0 Å². The molecule has 2 aromatic carbocycles. The van der Waals surface area contributed by atoms with Gasteiger partial charge < -0.3 is 15.0 Å². The van der Waals surface area contributed by atoms with E-state index in [0.29, 0.717) is 11.4 Å². The minimum absolute atomic E-state index is 0.0267. The average Bonchev–Trinajstić information content (AvgIpc) is 2.69. The second-order valence-electron chi connectivity index (χ2n) is 6.35. The quantitative estimate of drug-likeness (QED) is 0.702. The lowest BCUT2D eigenvalue weighted by atomic mass is 10.2. The van der Waals surface area contributed by atoms with Crippen molar-refractivity contribution >= 4 is 23.2 Å². The number of nitriles is 1. The van der Waals surface area contributed by atoms with Crippen LogP contribution in [0.4, 0.5) is 15.8 Å². The van der Waals surface area contributed by atoms with Crippen molar-refractivity contribution in [1.82, 2.24) is 4.90 Å². The number of methoxy groups -OCH3 is 1. The molecule has 0 heterocycles.